The van der Waals surface area contributed by atoms with Gasteiger partial charge in [-0.05, 0) is 43.0 Å². The van der Waals surface area contributed by atoms with Crippen molar-refractivity contribution in [2.24, 2.45) is 0 Å². The first-order valence-corrected chi connectivity index (χ1v) is 13.4. The van der Waals surface area contributed by atoms with E-state index < -0.39 is 0 Å². The van der Waals surface area contributed by atoms with Gasteiger partial charge in [-0.3, -0.25) is 19.2 Å². The summed E-state index contributed by atoms with van der Waals surface area (Å²) in [5, 5.41) is 4.06. The lowest BCUT2D eigenvalue weighted by Gasteiger charge is -2.37. The van der Waals surface area contributed by atoms with E-state index in [4.69, 9.17) is 16.6 Å². The SMILES string of the molecule is Cc1cncc(Cl)c1N1CCN(C(=O)CNc2c(-c3ccc4c(c3)CCCN4C)nc3cnccn23)CC1. The molecule has 2 aliphatic rings. The summed E-state index contributed by atoms with van der Waals surface area (Å²) in [5.41, 5.74) is 7.26. The fraction of sp³-hybridized carbons (Fsp3) is 0.357. The second kappa shape index (κ2) is 10.1. The van der Waals surface area contributed by atoms with Crippen molar-refractivity contribution in [1.29, 1.82) is 0 Å². The van der Waals surface area contributed by atoms with Crippen molar-refractivity contribution < 1.29 is 4.79 Å². The molecule has 6 rings (SSSR count). The summed E-state index contributed by atoms with van der Waals surface area (Å²) in [7, 11) is 2.14. The summed E-state index contributed by atoms with van der Waals surface area (Å²) in [4.78, 5) is 33.0. The lowest BCUT2D eigenvalue weighted by Crippen LogP contribution is -2.50. The van der Waals surface area contributed by atoms with E-state index in [1.165, 1.54) is 11.3 Å². The van der Waals surface area contributed by atoms with Crippen molar-refractivity contribution in [2.45, 2.75) is 19.8 Å². The van der Waals surface area contributed by atoms with Crippen molar-refractivity contribution in [3.05, 3.63) is 65.3 Å². The zero-order chi connectivity index (χ0) is 26.2. The van der Waals surface area contributed by atoms with Crippen LogP contribution in [0.4, 0.5) is 17.2 Å². The van der Waals surface area contributed by atoms with Crippen molar-refractivity contribution in [3.63, 3.8) is 0 Å². The fourth-order valence-corrected chi connectivity index (χ4v) is 5.91. The van der Waals surface area contributed by atoms with Crippen LogP contribution in [-0.4, -0.2) is 76.5 Å². The van der Waals surface area contributed by atoms with Gasteiger partial charge < -0.3 is 20.0 Å². The second-order valence-electron chi connectivity index (χ2n) is 9.99. The first-order valence-electron chi connectivity index (χ1n) is 13.0. The van der Waals surface area contributed by atoms with Crippen molar-refractivity contribution in [3.8, 4) is 11.3 Å². The maximum Gasteiger partial charge on any atom is 0.242 e. The highest BCUT2D eigenvalue weighted by molar-refractivity contribution is 6.33. The molecule has 0 atom stereocenters. The van der Waals surface area contributed by atoms with Crippen LogP contribution >= 0.6 is 11.6 Å². The minimum absolute atomic E-state index is 0.0595. The number of halogens is 1. The van der Waals surface area contributed by atoms with E-state index in [1.54, 1.807) is 18.6 Å². The van der Waals surface area contributed by atoms with E-state index in [0.29, 0.717) is 18.1 Å². The van der Waals surface area contributed by atoms with E-state index in [1.807, 2.05) is 28.6 Å². The predicted octanol–water partition coefficient (Wildman–Crippen LogP) is 3.90. The minimum atomic E-state index is 0.0595. The van der Waals surface area contributed by atoms with Gasteiger partial charge in [0.25, 0.3) is 0 Å². The molecule has 5 heterocycles. The molecular formula is C28H31ClN8O. The minimum Gasteiger partial charge on any atom is -0.374 e. The summed E-state index contributed by atoms with van der Waals surface area (Å²) in [6, 6.07) is 6.53. The monoisotopic (exact) mass is 530 g/mol. The Labute approximate surface area is 227 Å². The average molecular weight is 531 g/mol. The van der Waals surface area contributed by atoms with Crippen LogP contribution in [0.3, 0.4) is 0 Å². The van der Waals surface area contributed by atoms with Gasteiger partial charge in [0.1, 0.15) is 11.5 Å². The molecule has 1 aromatic carbocycles. The van der Waals surface area contributed by atoms with Gasteiger partial charge >= 0.3 is 0 Å². The quantitative estimate of drug-likeness (QED) is 0.419. The Bertz CT molecular complexity index is 1470. The number of carbonyl (C=O) groups excluding carboxylic acids is 1. The highest BCUT2D eigenvalue weighted by Crippen LogP contribution is 2.34. The predicted molar refractivity (Wildman–Crippen MR) is 151 cm³/mol. The molecule has 0 radical (unpaired) electrons. The zero-order valence-corrected chi connectivity index (χ0v) is 22.4. The van der Waals surface area contributed by atoms with E-state index in [9.17, 15) is 4.79 Å². The maximum atomic E-state index is 13.2. The molecule has 38 heavy (non-hydrogen) atoms. The smallest absolute Gasteiger partial charge is 0.242 e. The van der Waals surface area contributed by atoms with Gasteiger partial charge in [0.05, 0.1) is 23.5 Å². The number of imidazole rings is 1. The maximum absolute atomic E-state index is 13.2. The lowest BCUT2D eigenvalue weighted by atomic mass is 9.98. The van der Waals surface area contributed by atoms with Gasteiger partial charge in [0, 0.05) is 75.8 Å². The third kappa shape index (κ3) is 4.51. The third-order valence-electron chi connectivity index (χ3n) is 7.55. The molecule has 2 aliphatic heterocycles. The number of benzene rings is 1. The summed E-state index contributed by atoms with van der Waals surface area (Å²) in [6.07, 6.45) is 11.1. The van der Waals surface area contributed by atoms with Crippen molar-refractivity contribution >= 4 is 40.3 Å². The number of aromatic nitrogens is 4. The third-order valence-corrected chi connectivity index (χ3v) is 7.82. The van der Waals surface area contributed by atoms with Gasteiger partial charge in [-0.15, -0.1) is 0 Å². The van der Waals surface area contributed by atoms with Gasteiger partial charge in [0.2, 0.25) is 5.91 Å². The number of carbonyl (C=O) groups is 1. The van der Waals surface area contributed by atoms with Crippen molar-refractivity contribution in [1.82, 2.24) is 24.3 Å². The molecule has 1 N–H and O–H groups in total. The Balaban J connectivity index is 1.19. The second-order valence-corrected chi connectivity index (χ2v) is 10.4. The van der Waals surface area contributed by atoms with Gasteiger partial charge in [-0.1, -0.05) is 17.7 Å². The lowest BCUT2D eigenvalue weighted by molar-refractivity contribution is -0.129. The number of aryl methyl sites for hydroxylation is 2. The highest BCUT2D eigenvalue weighted by atomic mass is 35.5. The number of piperazine rings is 1. The number of rotatable bonds is 5. The van der Waals surface area contributed by atoms with Crippen LogP contribution in [0.2, 0.25) is 5.02 Å². The van der Waals surface area contributed by atoms with Crippen LogP contribution in [0.15, 0.2) is 49.2 Å². The molecule has 1 amide bonds. The Morgan fingerprint density at radius 1 is 1.08 bits per heavy atom. The highest BCUT2D eigenvalue weighted by Gasteiger charge is 2.25. The number of anilines is 3. The normalized spacial score (nSPS) is 15.6. The number of nitrogens with one attached hydrogen (secondary N) is 1. The summed E-state index contributed by atoms with van der Waals surface area (Å²) < 4.78 is 1.97. The number of nitrogens with zero attached hydrogens (tertiary/aromatic N) is 7. The molecule has 0 bridgehead atoms. The van der Waals surface area contributed by atoms with Crippen LogP contribution < -0.4 is 15.1 Å². The molecule has 10 heteroatoms. The Morgan fingerprint density at radius 2 is 1.92 bits per heavy atom. The Kier molecular flexibility index (Phi) is 6.53. The number of fused-ring (bicyclic) bond motifs is 2. The molecule has 1 saturated heterocycles. The van der Waals surface area contributed by atoms with E-state index in [-0.39, 0.29) is 12.5 Å². The molecule has 0 aliphatic carbocycles. The van der Waals surface area contributed by atoms with Crippen LogP contribution in [0.5, 0.6) is 0 Å². The van der Waals surface area contributed by atoms with Gasteiger partial charge in [-0.2, -0.15) is 0 Å². The summed E-state index contributed by atoms with van der Waals surface area (Å²) in [5.74, 6) is 0.863. The molecular weight excluding hydrogens is 500 g/mol. The standard InChI is InChI=1S/C28H31ClN8O/c1-19-15-31-16-22(29)27(19)36-12-10-35(11-13-36)25(38)18-32-28-26(33-24-17-30-7-9-37(24)28)21-5-6-23-20(14-21)4-3-8-34(23)2/h5-7,9,14-17,32H,3-4,8,10-13,18H2,1-2H3. The number of amides is 1. The van der Waals surface area contributed by atoms with Crippen LogP contribution in [0, 0.1) is 6.92 Å². The molecule has 4 aromatic rings. The van der Waals surface area contributed by atoms with Crippen LogP contribution in [0.25, 0.3) is 16.9 Å². The molecule has 0 unspecified atom stereocenters. The van der Waals surface area contributed by atoms with E-state index >= 15 is 0 Å². The zero-order valence-electron chi connectivity index (χ0n) is 21.7. The fourth-order valence-electron chi connectivity index (χ4n) is 5.59. The van der Waals surface area contributed by atoms with E-state index in [0.717, 1.165) is 66.4 Å². The van der Waals surface area contributed by atoms with Gasteiger partial charge in [-0.25, -0.2) is 4.98 Å². The van der Waals surface area contributed by atoms with Gasteiger partial charge in [0.15, 0.2) is 5.65 Å². The Morgan fingerprint density at radius 3 is 2.74 bits per heavy atom. The van der Waals surface area contributed by atoms with Crippen LogP contribution in [0.1, 0.15) is 17.5 Å². The molecule has 0 saturated carbocycles. The Hall–Kier alpha value is -3.85. The molecule has 3 aromatic heterocycles. The number of hydrogen-bond donors (Lipinski definition) is 1. The first kappa shape index (κ1) is 24.5. The molecule has 0 spiro atoms. The topological polar surface area (TPSA) is 81.9 Å². The number of pyridine rings is 1. The summed E-state index contributed by atoms with van der Waals surface area (Å²) in [6.45, 7) is 6.01. The molecule has 1 fully saturated rings. The average Bonchev–Trinajstić information content (AvgIpc) is 3.30. The van der Waals surface area contributed by atoms with E-state index in [2.05, 4.69) is 50.3 Å². The number of hydrogen-bond acceptors (Lipinski definition) is 7. The molecule has 196 valence electrons. The molecule has 9 nitrogen and oxygen atoms in total. The summed E-state index contributed by atoms with van der Waals surface area (Å²) >= 11 is 6.42. The largest absolute Gasteiger partial charge is 0.374 e. The van der Waals surface area contributed by atoms with Crippen molar-refractivity contribution in [2.75, 3.05) is 61.4 Å². The van der Waals surface area contributed by atoms with Crippen LogP contribution in [-0.2, 0) is 11.2 Å². The first-order chi connectivity index (χ1) is 18.5.